The highest BCUT2D eigenvalue weighted by Gasteiger charge is 2.27. The minimum Gasteiger partial charge on any atom is -0.396 e. The molecule has 0 radical (unpaired) electrons. The standard InChI is InChI=1S/C15H21BrFNO/c1-15(2,5-6-19)9-18-14-4-3-11-12(14)7-10(16)8-13(11)17/h7-8,14,18-19H,3-6,9H2,1-2H3. The third-order valence-electron chi connectivity index (χ3n) is 3.87. The van der Waals surface area contributed by atoms with Crippen molar-refractivity contribution in [1.82, 2.24) is 5.32 Å². The molecule has 1 unspecified atom stereocenters. The molecule has 0 fully saturated rings. The molecule has 106 valence electrons. The lowest BCUT2D eigenvalue weighted by Crippen LogP contribution is -2.32. The molecule has 0 spiro atoms. The maximum atomic E-state index is 13.8. The van der Waals surface area contributed by atoms with Crippen molar-refractivity contribution in [2.24, 2.45) is 5.41 Å². The van der Waals surface area contributed by atoms with Crippen molar-refractivity contribution in [2.75, 3.05) is 13.2 Å². The van der Waals surface area contributed by atoms with E-state index in [0.29, 0.717) is 0 Å². The zero-order valence-electron chi connectivity index (χ0n) is 11.5. The molecular weight excluding hydrogens is 309 g/mol. The maximum absolute atomic E-state index is 13.8. The van der Waals surface area contributed by atoms with E-state index < -0.39 is 0 Å². The highest BCUT2D eigenvalue weighted by Crippen LogP contribution is 2.35. The molecule has 1 aliphatic rings. The van der Waals surface area contributed by atoms with Crippen molar-refractivity contribution >= 4 is 15.9 Å². The molecule has 0 aromatic heterocycles. The highest BCUT2D eigenvalue weighted by atomic mass is 79.9. The Morgan fingerprint density at radius 1 is 1.47 bits per heavy atom. The molecule has 0 heterocycles. The molecule has 4 heteroatoms. The van der Waals surface area contributed by atoms with E-state index in [-0.39, 0.29) is 23.9 Å². The van der Waals surface area contributed by atoms with Gasteiger partial charge >= 0.3 is 0 Å². The van der Waals surface area contributed by atoms with Crippen LogP contribution in [0.4, 0.5) is 4.39 Å². The first-order valence-electron chi connectivity index (χ1n) is 6.75. The number of fused-ring (bicyclic) bond motifs is 1. The Kier molecular flexibility index (Phi) is 4.64. The van der Waals surface area contributed by atoms with Crippen LogP contribution < -0.4 is 5.32 Å². The van der Waals surface area contributed by atoms with Gasteiger partial charge in [0.25, 0.3) is 0 Å². The second-order valence-corrected chi connectivity index (χ2v) is 6.98. The molecular formula is C15H21BrFNO. The van der Waals surface area contributed by atoms with Crippen LogP contribution in [-0.2, 0) is 6.42 Å². The van der Waals surface area contributed by atoms with Crippen molar-refractivity contribution in [3.63, 3.8) is 0 Å². The maximum Gasteiger partial charge on any atom is 0.127 e. The Balaban J connectivity index is 2.07. The predicted molar refractivity (Wildman–Crippen MR) is 78.6 cm³/mol. The second-order valence-electron chi connectivity index (χ2n) is 6.07. The molecule has 0 amide bonds. The van der Waals surface area contributed by atoms with Gasteiger partial charge in [0.1, 0.15) is 5.82 Å². The normalized spacial score (nSPS) is 18.7. The van der Waals surface area contributed by atoms with Gasteiger partial charge < -0.3 is 10.4 Å². The number of halogens is 2. The molecule has 1 aromatic carbocycles. The van der Waals surface area contributed by atoms with Gasteiger partial charge in [-0.25, -0.2) is 4.39 Å². The van der Waals surface area contributed by atoms with Crippen LogP contribution >= 0.6 is 15.9 Å². The quantitative estimate of drug-likeness (QED) is 0.865. The Labute approximate surface area is 122 Å². The predicted octanol–water partition coefficient (Wildman–Crippen LogP) is 3.57. The monoisotopic (exact) mass is 329 g/mol. The van der Waals surface area contributed by atoms with Crippen LogP contribution in [-0.4, -0.2) is 18.3 Å². The summed E-state index contributed by atoms with van der Waals surface area (Å²) in [5.41, 5.74) is 1.98. The summed E-state index contributed by atoms with van der Waals surface area (Å²) in [5, 5.41) is 12.6. The van der Waals surface area contributed by atoms with Gasteiger partial charge in [-0.1, -0.05) is 29.8 Å². The second kappa shape index (κ2) is 5.90. The number of hydrogen-bond donors (Lipinski definition) is 2. The molecule has 2 rings (SSSR count). The minimum absolute atomic E-state index is 0.0576. The van der Waals surface area contributed by atoms with Gasteiger partial charge in [0.15, 0.2) is 0 Å². The summed E-state index contributed by atoms with van der Waals surface area (Å²) in [5.74, 6) is -0.108. The van der Waals surface area contributed by atoms with Gasteiger partial charge in [0.05, 0.1) is 0 Å². The molecule has 2 N–H and O–H groups in total. The van der Waals surface area contributed by atoms with Crippen molar-refractivity contribution in [1.29, 1.82) is 0 Å². The topological polar surface area (TPSA) is 32.3 Å². The summed E-state index contributed by atoms with van der Waals surface area (Å²) >= 11 is 3.36. The van der Waals surface area contributed by atoms with E-state index in [2.05, 4.69) is 35.1 Å². The van der Waals surface area contributed by atoms with Crippen LogP contribution in [0.5, 0.6) is 0 Å². The van der Waals surface area contributed by atoms with E-state index in [4.69, 9.17) is 5.11 Å². The molecule has 0 saturated heterocycles. The van der Waals surface area contributed by atoms with Gasteiger partial charge in [-0.15, -0.1) is 0 Å². The van der Waals surface area contributed by atoms with E-state index >= 15 is 0 Å². The summed E-state index contributed by atoms with van der Waals surface area (Å²) in [4.78, 5) is 0. The lowest BCUT2D eigenvalue weighted by Gasteiger charge is -2.26. The van der Waals surface area contributed by atoms with Crippen LogP contribution in [0.1, 0.15) is 43.9 Å². The summed E-state index contributed by atoms with van der Waals surface area (Å²) in [6, 6.07) is 3.78. The van der Waals surface area contributed by atoms with E-state index in [0.717, 1.165) is 41.4 Å². The summed E-state index contributed by atoms with van der Waals surface area (Å²) in [7, 11) is 0. The van der Waals surface area contributed by atoms with Crippen LogP contribution in [0.2, 0.25) is 0 Å². The van der Waals surface area contributed by atoms with Gasteiger partial charge in [-0.2, -0.15) is 0 Å². The van der Waals surface area contributed by atoms with Crippen LogP contribution in [0.25, 0.3) is 0 Å². The first kappa shape index (κ1) is 14.9. The number of rotatable bonds is 5. The average molecular weight is 330 g/mol. The third kappa shape index (κ3) is 3.56. The van der Waals surface area contributed by atoms with Crippen molar-refractivity contribution in [3.8, 4) is 0 Å². The SMILES string of the molecule is CC(C)(CCO)CNC1CCc2c(F)cc(Br)cc21. The molecule has 0 bridgehead atoms. The summed E-state index contributed by atoms with van der Waals surface area (Å²) in [6.07, 6.45) is 2.51. The lowest BCUT2D eigenvalue weighted by molar-refractivity contribution is 0.202. The average Bonchev–Trinajstić information content (AvgIpc) is 2.70. The van der Waals surface area contributed by atoms with E-state index in [1.165, 1.54) is 6.07 Å². The van der Waals surface area contributed by atoms with E-state index in [9.17, 15) is 4.39 Å². The molecule has 1 aromatic rings. The summed E-state index contributed by atoms with van der Waals surface area (Å²) in [6.45, 7) is 5.29. The van der Waals surface area contributed by atoms with Gasteiger partial charge in [-0.3, -0.25) is 0 Å². The van der Waals surface area contributed by atoms with Gasteiger partial charge in [-0.05, 0) is 47.9 Å². The first-order valence-corrected chi connectivity index (χ1v) is 7.54. The molecule has 19 heavy (non-hydrogen) atoms. The Morgan fingerprint density at radius 3 is 2.89 bits per heavy atom. The number of benzene rings is 1. The molecule has 0 aliphatic heterocycles. The van der Waals surface area contributed by atoms with Crippen LogP contribution in [0.3, 0.4) is 0 Å². The smallest absolute Gasteiger partial charge is 0.127 e. The minimum atomic E-state index is -0.108. The highest BCUT2D eigenvalue weighted by molar-refractivity contribution is 9.10. The number of aliphatic hydroxyl groups excluding tert-OH is 1. The zero-order chi connectivity index (χ0) is 14.0. The van der Waals surface area contributed by atoms with Crippen molar-refractivity contribution in [3.05, 3.63) is 33.5 Å². The Hall–Kier alpha value is -0.450. The Morgan fingerprint density at radius 2 is 2.21 bits per heavy atom. The van der Waals surface area contributed by atoms with Gasteiger partial charge in [0, 0.05) is 23.7 Å². The molecule has 1 aliphatic carbocycles. The van der Waals surface area contributed by atoms with Crippen molar-refractivity contribution < 1.29 is 9.50 Å². The van der Waals surface area contributed by atoms with Crippen LogP contribution in [0.15, 0.2) is 16.6 Å². The largest absolute Gasteiger partial charge is 0.396 e. The fraction of sp³-hybridized carbons (Fsp3) is 0.600. The van der Waals surface area contributed by atoms with Gasteiger partial charge in [0.2, 0.25) is 0 Å². The zero-order valence-corrected chi connectivity index (χ0v) is 13.1. The molecule has 2 nitrogen and oxygen atoms in total. The van der Waals surface area contributed by atoms with Crippen molar-refractivity contribution in [2.45, 2.75) is 39.2 Å². The summed E-state index contributed by atoms with van der Waals surface area (Å²) < 4.78 is 14.6. The Bertz CT molecular complexity index is 462. The fourth-order valence-corrected chi connectivity index (χ4v) is 3.09. The third-order valence-corrected chi connectivity index (χ3v) is 4.33. The molecule has 1 atom stereocenters. The lowest BCUT2D eigenvalue weighted by atomic mass is 9.89. The number of hydrogen-bond acceptors (Lipinski definition) is 2. The number of aliphatic hydroxyl groups is 1. The molecule has 0 saturated carbocycles. The first-order chi connectivity index (χ1) is 8.93. The number of nitrogens with one attached hydrogen (secondary N) is 1. The fourth-order valence-electron chi connectivity index (χ4n) is 2.64. The van der Waals surface area contributed by atoms with Crippen LogP contribution in [0, 0.1) is 11.2 Å². The van der Waals surface area contributed by atoms with E-state index in [1.54, 1.807) is 0 Å². The van der Waals surface area contributed by atoms with E-state index in [1.807, 2.05) is 6.07 Å².